The van der Waals surface area contributed by atoms with Crippen LogP contribution in [0.5, 0.6) is 17.4 Å². The van der Waals surface area contributed by atoms with Gasteiger partial charge in [-0.25, -0.2) is 19.6 Å². The van der Waals surface area contributed by atoms with Crippen LogP contribution in [0, 0.1) is 0 Å². The number of anilines is 2. The van der Waals surface area contributed by atoms with Gasteiger partial charge in [-0.2, -0.15) is 5.10 Å². The number of nitrogens with one attached hydrogen (secondary N) is 2. The number of piperidine rings is 1. The average molecular weight is 489 g/mol. The van der Waals surface area contributed by atoms with E-state index < -0.39 is 0 Å². The standard InChI is InChI=1S/C24H24N8O4/c1-34-17-7-4-13(9-27-17)24(33)30-16-6-5-15(20-21(16)36-12-35-20)19-18-22(25)28-11-29-23(18)32(31-19)14-3-2-8-26-10-14/h4-7,9,11,14,26H,2-3,8,10,12H2,1H3,(H,30,33)(H2,25,28,29)/t14-/m1/s1. The fourth-order valence-corrected chi connectivity index (χ4v) is 4.59. The number of benzene rings is 1. The Morgan fingerprint density at radius 2 is 2.08 bits per heavy atom. The summed E-state index contributed by atoms with van der Waals surface area (Å²) in [5, 5.41) is 11.9. The normalized spacial score (nSPS) is 16.8. The highest BCUT2D eigenvalue weighted by Crippen LogP contribution is 2.48. The lowest BCUT2D eigenvalue weighted by Crippen LogP contribution is -2.32. The van der Waals surface area contributed by atoms with Gasteiger partial charge in [-0.1, -0.05) is 0 Å². The number of methoxy groups -OCH3 is 1. The predicted octanol–water partition coefficient (Wildman–Crippen LogP) is 2.38. The smallest absolute Gasteiger partial charge is 0.257 e. The SMILES string of the molecule is COc1ccc(C(=O)Nc2ccc(-c3nn([C@@H]4CCCNC4)c4ncnc(N)c34)c3c2OCO3)cn1. The molecule has 1 amide bonds. The van der Waals surface area contributed by atoms with Crippen LogP contribution in [-0.2, 0) is 0 Å². The molecule has 1 atom stereocenters. The molecule has 36 heavy (non-hydrogen) atoms. The van der Waals surface area contributed by atoms with Gasteiger partial charge in [0.05, 0.1) is 29.8 Å². The maximum absolute atomic E-state index is 12.8. The number of hydrogen-bond donors (Lipinski definition) is 3. The maximum Gasteiger partial charge on any atom is 0.257 e. The van der Waals surface area contributed by atoms with E-state index in [2.05, 4.69) is 25.6 Å². The van der Waals surface area contributed by atoms with Crippen molar-refractivity contribution in [3.63, 3.8) is 0 Å². The molecular weight excluding hydrogens is 464 g/mol. The molecule has 4 N–H and O–H groups in total. The Kier molecular flexibility index (Phi) is 5.49. The quantitative estimate of drug-likeness (QED) is 0.382. The van der Waals surface area contributed by atoms with Gasteiger partial charge < -0.3 is 30.6 Å². The molecule has 6 rings (SSSR count). The average Bonchev–Trinajstić information content (AvgIpc) is 3.56. The molecule has 0 aliphatic carbocycles. The molecule has 0 spiro atoms. The summed E-state index contributed by atoms with van der Waals surface area (Å²) in [6, 6.07) is 6.98. The molecule has 0 unspecified atom stereocenters. The van der Waals surface area contributed by atoms with Crippen LogP contribution in [0.15, 0.2) is 36.8 Å². The van der Waals surface area contributed by atoms with E-state index >= 15 is 0 Å². The molecule has 12 heteroatoms. The number of fused-ring (bicyclic) bond motifs is 2. The summed E-state index contributed by atoms with van der Waals surface area (Å²) >= 11 is 0. The van der Waals surface area contributed by atoms with Crippen molar-refractivity contribution in [1.29, 1.82) is 0 Å². The number of amides is 1. The van der Waals surface area contributed by atoms with Crippen LogP contribution in [0.1, 0.15) is 29.2 Å². The second-order valence-corrected chi connectivity index (χ2v) is 8.52. The van der Waals surface area contributed by atoms with Crippen molar-refractivity contribution in [1.82, 2.24) is 30.0 Å². The third kappa shape index (κ3) is 3.71. The van der Waals surface area contributed by atoms with Crippen LogP contribution in [0.2, 0.25) is 0 Å². The number of nitrogen functional groups attached to an aromatic ring is 1. The number of carbonyl (C=O) groups is 1. The Hall–Kier alpha value is -4.45. The molecule has 0 bridgehead atoms. The van der Waals surface area contributed by atoms with Gasteiger partial charge in [0.15, 0.2) is 17.1 Å². The fourth-order valence-electron chi connectivity index (χ4n) is 4.59. The highest BCUT2D eigenvalue weighted by Gasteiger charge is 2.29. The van der Waals surface area contributed by atoms with Crippen molar-refractivity contribution >= 4 is 28.4 Å². The molecule has 4 aromatic rings. The number of ether oxygens (including phenoxy) is 3. The van der Waals surface area contributed by atoms with Gasteiger partial charge in [-0.3, -0.25) is 4.79 Å². The molecular formula is C24H24N8O4. The van der Waals surface area contributed by atoms with E-state index in [4.69, 9.17) is 25.0 Å². The lowest BCUT2D eigenvalue weighted by molar-refractivity contribution is 0.102. The van der Waals surface area contributed by atoms with Gasteiger partial charge in [0.25, 0.3) is 5.91 Å². The minimum absolute atomic E-state index is 0.0104. The molecule has 1 saturated heterocycles. The van der Waals surface area contributed by atoms with E-state index in [1.54, 1.807) is 18.2 Å². The molecule has 12 nitrogen and oxygen atoms in total. The molecule has 2 aliphatic rings. The molecule has 184 valence electrons. The lowest BCUT2D eigenvalue weighted by atomic mass is 10.1. The number of carbonyl (C=O) groups excluding carboxylic acids is 1. The van der Waals surface area contributed by atoms with Crippen molar-refractivity contribution in [2.24, 2.45) is 0 Å². The van der Waals surface area contributed by atoms with Crippen LogP contribution in [0.3, 0.4) is 0 Å². The second-order valence-electron chi connectivity index (χ2n) is 8.52. The first-order valence-corrected chi connectivity index (χ1v) is 11.6. The number of aromatic nitrogens is 5. The third-order valence-electron chi connectivity index (χ3n) is 6.36. The topological polar surface area (TPSA) is 151 Å². The van der Waals surface area contributed by atoms with Crippen molar-refractivity contribution in [2.45, 2.75) is 18.9 Å². The molecule has 0 saturated carbocycles. The highest BCUT2D eigenvalue weighted by molar-refractivity contribution is 6.06. The Labute approximate surface area is 205 Å². The van der Waals surface area contributed by atoms with Gasteiger partial charge in [-0.15, -0.1) is 0 Å². The zero-order valence-corrected chi connectivity index (χ0v) is 19.5. The molecule has 1 aromatic carbocycles. The van der Waals surface area contributed by atoms with Crippen LogP contribution in [-0.4, -0.2) is 57.6 Å². The van der Waals surface area contributed by atoms with Gasteiger partial charge >= 0.3 is 0 Å². The molecule has 0 radical (unpaired) electrons. The van der Waals surface area contributed by atoms with Gasteiger partial charge in [0, 0.05) is 24.4 Å². The summed E-state index contributed by atoms with van der Waals surface area (Å²) < 4.78 is 18.6. The van der Waals surface area contributed by atoms with E-state index in [1.807, 2.05) is 10.7 Å². The zero-order chi connectivity index (χ0) is 24.6. The lowest BCUT2D eigenvalue weighted by Gasteiger charge is -2.23. The Morgan fingerprint density at radius 1 is 1.19 bits per heavy atom. The van der Waals surface area contributed by atoms with Crippen LogP contribution in [0.4, 0.5) is 11.5 Å². The monoisotopic (exact) mass is 488 g/mol. The Balaban J connectivity index is 1.40. The van der Waals surface area contributed by atoms with E-state index in [0.29, 0.717) is 56.7 Å². The fraction of sp³-hybridized carbons (Fsp3) is 0.292. The van der Waals surface area contributed by atoms with Gasteiger partial charge in [0.2, 0.25) is 12.7 Å². The molecule has 1 fully saturated rings. The largest absolute Gasteiger partial charge is 0.481 e. The van der Waals surface area contributed by atoms with Gasteiger partial charge in [-0.05, 0) is 37.6 Å². The van der Waals surface area contributed by atoms with Crippen molar-refractivity contribution in [2.75, 3.05) is 38.0 Å². The summed E-state index contributed by atoms with van der Waals surface area (Å²) in [5.74, 6) is 1.30. The van der Waals surface area contributed by atoms with E-state index in [9.17, 15) is 4.79 Å². The Bertz CT molecular complexity index is 1450. The predicted molar refractivity (Wildman–Crippen MR) is 131 cm³/mol. The number of nitrogens with two attached hydrogens (primary N) is 1. The first-order valence-electron chi connectivity index (χ1n) is 11.6. The molecule has 3 aromatic heterocycles. The van der Waals surface area contributed by atoms with Crippen molar-refractivity contribution in [3.8, 4) is 28.6 Å². The summed E-state index contributed by atoms with van der Waals surface area (Å²) in [5.41, 5.74) is 9.10. The van der Waals surface area contributed by atoms with E-state index in [1.165, 1.54) is 19.6 Å². The first-order chi connectivity index (χ1) is 17.6. The van der Waals surface area contributed by atoms with Crippen molar-refractivity contribution < 1.29 is 19.0 Å². The third-order valence-corrected chi connectivity index (χ3v) is 6.36. The number of rotatable bonds is 5. The summed E-state index contributed by atoms with van der Waals surface area (Å²) in [4.78, 5) is 25.6. The summed E-state index contributed by atoms with van der Waals surface area (Å²) in [7, 11) is 1.52. The molecule has 2 aliphatic heterocycles. The van der Waals surface area contributed by atoms with Gasteiger partial charge in [0.1, 0.15) is 17.8 Å². The number of nitrogens with zero attached hydrogens (tertiary/aromatic N) is 5. The first kappa shape index (κ1) is 22.0. The summed E-state index contributed by atoms with van der Waals surface area (Å²) in [6.07, 6.45) is 4.93. The minimum atomic E-state index is -0.340. The molecule has 5 heterocycles. The highest BCUT2D eigenvalue weighted by atomic mass is 16.7. The van der Waals surface area contributed by atoms with Crippen molar-refractivity contribution in [3.05, 3.63) is 42.4 Å². The second kappa shape index (κ2) is 8.96. The number of pyridine rings is 1. The van der Waals surface area contributed by atoms with E-state index in [-0.39, 0.29) is 18.7 Å². The van der Waals surface area contributed by atoms with Crippen LogP contribution < -0.4 is 30.6 Å². The summed E-state index contributed by atoms with van der Waals surface area (Å²) in [6.45, 7) is 1.79. The van der Waals surface area contributed by atoms with Crippen LogP contribution >= 0.6 is 0 Å². The van der Waals surface area contributed by atoms with E-state index in [0.717, 1.165) is 25.9 Å². The number of hydrogen-bond acceptors (Lipinski definition) is 10. The zero-order valence-electron chi connectivity index (χ0n) is 19.5. The van der Waals surface area contributed by atoms with Crippen LogP contribution in [0.25, 0.3) is 22.3 Å². The minimum Gasteiger partial charge on any atom is -0.481 e. The maximum atomic E-state index is 12.8. The Morgan fingerprint density at radius 3 is 2.86 bits per heavy atom.